The first-order valence-corrected chi connectivity index (χ1v) is 11.0. The molecule has 0 saturated carbocycles. The molecule has 0 bridgehead atoms. The molecule has 162 valence electrons. The van der Waals surface area contributed by atoms with Gasteiger partial charge >= 0.3 is 0 Å². The van der Waals surface area contributed by atoms with Crippen LogP contribution in [0.25, 0.3) is 11.1 Å². The average Bonchev–Trinajstić information content (AvgIpc) is 3.00. The highest BCUT2D eigenvalue weighted by Gasteiger charge is 2.34. The van der Waals surface area contributed by atoms with Crippen LogP contribution in [0.3, 0.4) is 0 Å². The van der Waals surface area contributed by atoms with E-state index in [0.29, 0.717) is 5.56 Å². The molecular formula is C29H24N2O2. The lowest BCUT2D eigenvalue weighted by Crippen LogP contribution is -2.39. The molecule has 33 heavy (non-hydrogen) atoms. The summed E-state index contributed by atoms with van der Waals surface area (Å²) in [6, 6.07) is 33.1. The van der Waals surface area contributed by atoms with E-state index in [1.165, 1.54) is 0 Å². The topological polar surface area (TPSA) is 49.4 Å². The lowest BCUT2D eigenvalue weighted by Gasteiger charge is -2.31. The maximum Gasteiger partial charge on any atom is 0.255 e. The van der Waals surface area contributed by atoms with Crippen molar-refractivity contribution in [2.24, 2.45) is 0 Å². The van der Waals surface area contributed by atoms with Gasteiger partial charge in [0, 0.05) is 16.8 Å². The number of nitrogens with zero attached hydrogens (tertiary/aromatic N) is 1. The van der Waals surface area contributed by atoms with Crippen LogP contribution < -0.4 is 5.32 Å². The van der Waals surface area contributed by atoms with Crippen LogP contribution in [0.1, 0.15) is 33.1 Å². The average molecular weight is 433 g/mol. The van der Waals surface area contributed by atoms with Gasteiger partial charge in [-0.05, 0) is 41.8 Å². The molecule has 1 aliphatic heterocycles. The van der Waals surface area contributed by atoms with Gasteiger partial charge in [0.15, 0.2) is 0 Å². The third kappa shape index (κ3) is 4.15. The van der Waals surface area contributed by atoms with Gasteiger partial charge in [-0.25, -0.2) is 0 Å². The first-order valence-electron chi connectivity index (χ1n) is 11.0. The molecule has 5 rings (SSSR count). The fourth-order valence-electron chi connectivity index (χ4n) is 4.41. The van der Waals surface area contributed by atoms with Crippen LogP contribution in [-0.4, -0.2) is 23.3 Å². The number of carbonyl (C=O) groups is 2. The normalized spacial score (nSPS) is 15.4. The Hall–Kier alpha value is -4.18. The number of hydrogen-bond donors (Lipinski definition) is 1. The van der Waals surface area contributed by atoms with Crippen molar-refractivity contribution in [2.75, 3.05) is 11.9 Å². The number of hydrogen-bond acceptors (Lipinski definition) is 2. The van der Waals surface area contributed by atoms with Crippen LogP contribution in [0.5, 0.6) is 0 Å². The molecule has 0 spiro atoms. The second-order valence-electron chi connectivity index (χ2n) is 8.33. The number of amides is 2. The lowest BCUT2D eigenvalue weighted by molar-refractivity contribution is -0.117. The van der Waals surface area contributed by atoms with Gasteiger partial charge in [-0.15, -0.1) is 0 Å². The van der Waals surface area contributed by atoms with Gasteiger partial charge in [0.2, 0.25) is 5.91 Å². The van der Waals surface area contributed by atoms with Crippen LogP contribution in [-0.2, 0) is 4.79 Å². The highest BCUT2D eigenvalue weighted by Crippen LogP contribution is 2.37. The van der Waals surface area contributed by atoms with Gasteiger partial charge < -0.3 is 10.2 Å². The smallest absolute Gasteiger partial charge is 0.255 e. The van der Waals surface area contributed by atoms with Crippen molar-refractivity contribution >= 4 is 17.5 Å². The summed E-state index contributed by atoms with van der Waals surface area (Å²) in [5, 5.41) is 2.98. The molecule has 1 unspecified atom stereocenters. The fraction of sp³-hybridized carbons (Fsp3) is 0.103. The molecule has 0 radical (unpaired) electrons. The quantitative estimate of drug-likeness (QED) is 0.442. The molecule has 1 atom stereocenters. The molecular weight excluding hydrogens is 408 g/mol. The van der Waals surface area contributed by atoms with Gasteiger partial charge in [0.25, 0.3) is 5.91 Å². The number of fused-ring (bicyclic) bond motifs is 1. The Kier molecular flexibility index (Phi) is 5.49. The zero-order valence-electron chi connectivity index (χ0n) is 18.4. The number of rotatable bonds is 3. The Morgan fingerprint density at radius 1 is 0.818 bits per heavy atom. The van der Waals surface area contributed by atoms with Crippen molar-refractivity contribution in [3.8, 4) is 11.1 Å². The van der Waals surface area contributed by atoms with Crippen molar-refractivity contribution < 1.29 is 9.59 Å². The van der Waals surface area contributed by atoms with Crippen LogP contribution in [0.4, 0.5) is 5.69 Å². The van der Waals surface area contributed by atoms with E-state index in [9.17, 15) is 9.59 Å². The second kappa shape index (κ2) is 8.75. The number of carbonyl (C=O) groups excluding carboxylic acids is 2. The summed E-state index contributed by atoms with van der Waals surface area (Å²) < 4.78 is 0. The van der Waals surface area contributed by atoms with Crippen molar-refractivity contribution in [1.29, 1.82) is 0 Å². The molecule has 1 heterocycles. The Balaban J connectivity index is 1.57. The van der Waals surface area contributed by atoms with E-state index in [4.69, 9.17) is 0 Å². The first-order chi connectivity index (χ1) is 16.1. The van der Waals surface area contributed by atoms with Crippen LogP contribution >= 0.6 is 0 Å². The molecule has 4 heteroatoms. The molecule has 0 saturated heterocycles. The van der Waals surface area contributed by atoms with Crippen molar-refractivity contribution in [1.82, 2.24) is 4.90 Å². The molecule has 0 aliphatic carbocycles. The van der Waals surface area contributed by atoms with Crippen LogP contribution in [0.2, 0.25) is 0 Å². The molecule has 1 N–H and O–H groups in total. The minimum absolute atomic E-state index is 0.0213. The Bertz CT molecular complexity index is 1300. The third-order valence-electron chi connectivity index (χ3n) is 6.02. The van der Waals surface area contributed by atoms with E-state index >= 15 is 0 Å². The predicted octanol–water partition coefficient (Wildman–Crippen LogP) is 5.85. The number of anilines is 1. The standard InChI is InChI=1S/C29H24N2O2/c1-20-12-17-26-25(18-20)28(23-10-6-3-7-11-23)31(19-27(32)30-26)29(33)24-15-13-22(14-16-24)21-8-4-2-5-9-21/h2-18,28H,19H2,1H3,(H,30,32). The SMILES string of the molecule is Cc1ccc2c(c1)C(c1ccccc1)N(C(=O)c1ccc(-c3ccccc3)cc1)CC(=O)N2. The highest BCUT2D eigenvalue weighted by molar-refractivity contribution is 6.01. The van der Waals surface area contributed by atoms with E-state index in [-0.39, 0.29) is 24.4 Å². The van der Waals surface area contributed by atoms with E-state index in [1.54, 1.807) is 4.90 Å². The summed E-state index contributed by atoms with van der Waals surface area (Å²) in [6.07, 6.45) is 0. The van der Waals surface area contributed by atoms with E-state index in [0.717, 1.165) is 33.5 Å². The minimum atomic E-state index is -0.374. The molecule has 2 amide bonds. The number of benzene rings is 4. The fourth-order valence-corrected chi connectivity index (χ4v) is 4.41. The Morgan fingerprint density at radius 3 is 2.15 bits per heavy atom. The van der Waals surface area contributed by atoms with E-state index < -0.39 is 0 Å². The second-order valence-corrected chi connectivity index (χ2v) is 8.33. The maximum absolute atomic E-state index is 13.8. The number of nitrogens with one attached hydrogen (secondary N) is 1. The van der Waals surface area contributed by atoms with Crippen molar-refractivity contribution in [2.45, 2.75) is 13.0 Å². The zero-order valence-corrected chi connectivity index (χ0v) is 18.4. The summed E-state index contributed by atoms with van der Waals surface area (Å²) in [5.74, 6) is -0.374. The summed E-state index contributed by atoms with van der Waals surface area (Å²) in [7, 11) is 0. The summed E-state index contributed by atoms with van der Waals surface area (Å²) in [4.78, 5) is 28.2. The van der Waals surface area contributed by atoms with E-state index in [1.807, 2.05) is 104 Å². The largest absolute Gasteiger partial charge is 0.324 e. The minimum Gasteiger partial charge on any atom is -0.324 e. The molecule has 4 aromatic carbocycles. The molecule has 0 aromatic heterocycles. The van der Waals surface area contributed by atoms with Crippen molar-refractivity contribution in [3.05, 3.63) is 125 Å². The monoisotopic (exact) mass is 432 g/mol. The molecule has 4 nitrogen and oxygen atoms in total. The molecule has 0 fully saturated rings. The van der Waals surface area contributed by atoms with Gasteiger partial charge in [0.1, 0.15) is 6.54 Å². The van der Waals surface area contributed by atoms with Crippen LogP contribution in [0.15, 0.2) is 103 Å². The van der Waals surface area contributed by atoms with Gasteiger partial charge in [-0.2, -0.15) is 0 Å². The first kappa shape index (κ1) is 20.7. The Labute approximate surface area is 193 Å². The summed E-state index contributed by atoms with van der Waals surface area (Å²) >= 11 is 0. The third-order valence-corrected chi connectivity index (χ3v) is 6.02. The van der Waals surface area contributed by atoms with Crippen LogP contribution in [0, 0.1) is 6.92 Å². The van der Waals surface area contributed by atoms with Crippen molar-refractivity contribution in [3.63, 3.8) is 0 Å². The summed E-state index contributed by atoms with van der Waals surface area (Å²) in [6.45, 7) is 2.00. The van der Waals surface area contributed by atoms with Gasteiger partial charge in [0.05, 0.1) is 6.04 Å². The molecule has 4 aromatic rings. The Morgan fingerprint density at radius 2 is 1.45 bits per heavy atom. The van der Waals surface area contributed by atoms with Gasteiger partial charge in [-0.3, -0.25) is 9.59 Å². The predicted molar refractivity (Wildman–Crippen MR) is 131 cm³/mol. The molecule has 1 aliphatic rings. The highest BCUT2D eigenvalue weighted by atomic mass is 16.2. The number of aryl methyl sites for hydroxylation is 1. The maximum atomic E-state index is 13.8. The zero-order chi connectivity index (χ0) is 22.8. The summed E-state index contributed by atoms with van der Waals surface area (Å²) in [5.41, 5.74) is 6.40. The van der Waals surface area contributed by atoms with E-state index in [2.05, 4.69) is 11.4 Å². The van der Waals surface area contributed by atoms with Gasteiger partial charge in [-0.1, -0.05) is 90.5 Å². The lowest BCUT2D eigenvalue weighted by atomic mass is 9.94.